The maximum atomic E-state index is 11.2. The van der Waals surface area contributed by atoms with E-state index < -0.39 is 10.0 Å². The second-order valence-corrected chi connectivity index (χ2v) is 6.61. The first kappa shape index (κ1) is 12.7. The highest BCUT2D eigenvalue weighted by molar-refractivity contribution is 7.88. The normalized spacial score (nSPS) is 32.6. The Morgan fingerprint density at radius 3 is 2.47 bits per heavy atom. The fourth-order valence-corrected chi connectivity index (χ4v) is 3.09. The maximum absolute atomic E-state index is 11.2. The van der Waals surface area contributed by atoms with Crippen LogP contribution in [-0.2, 0) is 10.0 Å². The minimum Gasteiger partial charge on any atom is -0.213 e. The van der Waals surface area contributed by atoms with E-state index in [0.29, 0.717) is 11.8 Å². The SMILES string of the molecule is C=C(C)[C@H]1CC[C@H](C)[C@@H](NS(C)(=O)=O)C1. The first-order valence-corrected chi connectivity index (χ1v) is 7.31. The predicted molar refractivity (Wildman–Crippen MR) is 63.1 cm³/mol. The molecule has 0 spiro atoms. The largest absolute Gasteiger partial charge is 0.213 e. The van der Waals surface area contributed by atoms with Gasteiger partial charge in [-0.3, -0.25) is 0 Å². The van der Waals surface area contributed by atoms with Crippen molar-refractivity contribution in [2.45, 2.75) is 39.2 Å². The summed E-state index contributed by atoms with van der Waals surface area (Å²) in [7, 11) is -3.09. The van der Waals surface area contributed by atoms with E-state index in [0.717, 1.165) is 19.3 Å². The average molecular weight is 231 g/mol. The van der Waals surface area contributed by atoms with Gasteiger partial charge in [0, 0.05) is 6.04 Å². The summed E-state index contributed by atoms with van der Waals surface area (Å²) in [4.78, 5) is 0. The van der Waals surface area contributed by atoms with Gasteiger partial charge in [-0.25, -0.2) is 13.1 Å². The summed E-state index contributed by atoms with van der Waals surface area (Å²) in [6.07, 6.45) is 4.33. The summed E-state index contributed by atoms with van der Waals surface area (Å²) >= 11 is 0. The molecule has 1 aliphatic carbocycles. The monoisotopic (exact) mass is 231 g/mol. The zero-order chi connectivity index (χ0) is 11.6. The maximum Gasteiger partial charge on any atom is 0.208 e. The van der Waals surface area contributed by atoms with Crippen molar-refractivity contribution in [1.29, 1.82) is 0 Å². The quantitative estimate of drug-likeness (QED) is 0.754. The Kier molecular flexibility index (Phi) is 3.95. The highest BCUT2D eigenvalue weighted by atomic mass is 32.2. The minimum atomic E-state index is -3.09. The number of sulfonamides is 1. The predicted octanol–water partition coefficient (Wildman–Crippen LogP) is 1.92. The van der Waals surface area contributed by atoms with Crippen molar-refractivity contribution in [2.75, 3.05) is 6.26 Å². The molecule has 0 saturated heterocycles. The van der Waals surface area contributed by atoms with Crippen molar-refractivity contribution in [3.8, 4) is 0 Å². The van der Waals surface area contributed by atoms with Crippen LogP contribution in [0.25, 0.3) is 0 Å². The third-order valence-electron chi connectivity index (χ3n) is 3.26. The number of nitrogens with one attached hydrogen (secondary N) is 1. The Morgan fingerprint density at radius 2 is 2.00 bits per heavy atom. The fraction of sp³-hybridized carbons (Fsp3) is 0.818. The summed E-state index contributed by atoms with van der Waals surface area (Å²) < 4.78 is 25.1. The van der Waals surface area contributed by atoms with Gasteiger partial charge in [0.05, 0.1) is 6.26 Å². The molecule has 88 valence electrons. The average Bonchev–Trinajstić information content (AvgIpc) is 2.06. The van der Waals surface area contributed by atoms with E-state index in [2.05, 4.69) is 18.2 Å². The van der Waals surface area contributed by atoms with Crippen LogP contribution in [0.2, 0.25) is 0 Å². The second kappa shape index (κ2) is 4.66. The first-order valence-electron chi connectivity index (χ1n) is 5.42. The van der Waals surface area contributed by atoms with Gasteiger partial charge in [0.25, 0.3) is 0 Å². The lowest BCUT2D eigenvalue weighted by Gasteiger charge is -2.34. The molecule has 15 heavy (non-hydrogen) atoms. The van der Waals surface area contributed by atoms with Crippen LogP contribution < -0.4 is 4.72 Å². The molecule has 0 aliphatic heterocycles. The van der Waals surface area contributed by atoms with Gasteiger partial charge in [0.1, 0.15) is 0 Å². The molecule has 0 aromatic heterocycles. The molecule has 0 unspecified atom stereocenters. The van der Waals surface area contributed by atoms with Gasteiger partial charge >= 0.3 is 0 Å². The van der Waals surface area contributed by atoms with Crippen molar-refractivity contribution in [1.82, 2.24) is 4.72 Å². The highest BCUT2D eigenvalue weighted by Gasteiger charge is 2.29. The topological polar surface area (TPSA) is 46.2 Å². The summed E-state index contributed by atoms with van der Waals surface area (Å²) in [6.45, 7) is 8.09. The van der Waals surface area contributed by atoms with Crippen molar-refractivity contribution < 1.29 is 8.42 Å². The second-order valence-electron chi connectivity index (χ2n) is 4.83. The molecule has 1 rings (SSSR count). The van der Waals surface area contributed by atoms with Crippen LogP contribution in [0.15, 0.2) is 12.2 Å². The summed E-state index contributed by atoms with van der Waals surface area (Å²) in [5, 5.41) is 0. The number of hydrogen-bond acceptors (Lipinski definition) is 2. The zero-order valence-electron chi connectivity index (χ0n) is 9.79. The van der Waals surface area contributed by atoms with Crippen LogP contribution >= 0.6 is 0 Å². The summed E-state index contributed by atoms with van der Waals surface area (Å²) in [5.41, 5.74) is 1.17. The molecule has 3 atom stereocenters. The van der Waals surface area contributed by atoms with Crippen LogP contribution in [0.5, 0.6) is 0 Å². The molecule has 0 radical (unpaired) electrons. The Bertz CT molecular complexity index is 334. The number of rotatable bonds is 3. The van der Waals surface area contributed by atoms with E-state index in [4.69, 9.17) is 0 Å². The van der Waals surface area contributed by atoms with Gasteiger partial charge in [-0.2, -0.15) is 0 Å². The molecule has 3 nitrogen and oxygen atoms in total. The Morgan fingerprint density at radius 1 is 1.40 bits per heavy atom. The van der Waals surface area contributed by atoms with Gasteiger partial charge in [-0.15, -0.1) is 0 Å². The lowest BCUT2D eigenvalue weighted by Crippen LogP contribution is -2.42. The van der Waals surface area contributed by atoms with Gasteiger partial charge < -0.3 is 0 Å². The van der Waals surface area contributed by atoms with Crippen molar-refractivity contribution >= 4 is 10.0 Å². The molecule has 1 N–H and O–H groups in total. The zero-order valence-corrected chi connectivity index (χ0v) is 10.6. The lowest BCUT2D eigenvalue weighted by molar-refractivity contribution is 0.261. The Balaban J connectivity index is 2.66. The molecule has 0 aromatic rings. The molecule has 0 amide bonds. The minimum absolute atomic E-state index is 0.0791. The van der Waals surface area contributed by atoms with Crippen LogP contribution in [0.4, 0.5) is 0 Å². The van der Waals surface area contributed by atoms with E-state index in [9.17, 15) is 8.42 Å². The molecular formula is C11H21NO2S. The molecule has 1 saturated carbocycles. The Hall–Kier alpha value is -0.350. The van der Waals surface area contributed by atoms with Gasteiger partial charge in [0.15, 0.2) is 0 Å². The van der Waals surface area contributed by atoms with Gasteiger partial charge in [-0.05, 0) is 38.0 Å². The van der Waals surface area contributed by atoms with Crippen LogP contribution in [0.1, 0.15) is 33.1 Å². The molecule has 4 heteroatoms. The van der Waals surface area contributed by atoms with E-state index in [-0.39, 0.29) is 6.04 Å². The van der Waals surface area contributed by atoms with Crippen molar-refractivity contribution in [2.24, 2.45) is 11.8 Å². The molecule has 0 aromatic carbocycles. The van der Waals surface area contributed by atoms with Gasteiger partial charge in [0.2, 0.25) is 10.0 Å². The summed E-state index contributed by atoms with van der Waals surface area (Å²) in [5.74, 6) is 0.899. The van der Waals surface area contributed by atoms with Gasteiger partial charge in [-0.1, -0.05) is 19.1 Å². The van der Waals surface area contributed by atoms with E-state index in [1.54, 1.807) is 0 Å². The lowest BCUT2D eigenvalue weighted by atomic mass is 9.77. The Labute approximate surface area is 93.0 Å². The van der Waals surface area contributed by atoms with Crippen LogP contribution in [0, 0.1) is 11.8 Å². The molecule has 0 bridgehead atoms. The smallest absolute Gasteiger partial charge is 0.208 e. The molecular weight excluding hydrogens is 210 g/mol. The third kappa shape index (κ3) is 3.95. The standard InChI is InChI=1S/C11H21NO2S/c1-8(2)10-6-5-9(3)11(7-10)12-15(4,13)14/h9-12H,1,5-7H2,2-4H3/t9-,10-,11-/m0/s1. The fourth-order valence-electron chi connectivity index (χ4n) is 2.21. The van der Waals surface area contributed by atoms with Crippen molar-refractivity contribution in [3.63, 3.8) is 0 Å². The van der Waals surface area contributed by atoms with E-state index in [1.807, 2.05) is 6.92 Å². The number of allylic oxidation sites excluding steroid dienone is 1. The molecule has 1 fully saturated rings. The highest BCUT2D eigenvalue weighted by Crippen LogP contribution is 2.32. The molecule has 0 heterocycles. The summed E-state index contributed by atoms with van der Waals surface area (Å²) in [6, 6.07) is 0.0791. The molecule has 1 aliphatic rings. The third-order valence-corrected chi connectivity index (χ3v) is 3.99. The van der Waals surface area contributed by atoms with Crippen molar-refractivity contribution in [3.05, 3.63) is 12.2 Å². The van der Waals surface area contributed by atoms with Crippen LogP contribution in [-0.4, -0.2) is 20.7 Å². The first-order chi connectivity index (χ1) is 6.79. The van der Waals surface area contributed by atoms with E-state index >= 15 is 0 Å². The van der Waals surface area contributed by atoms with E-state index in [1.165, 1.54) is 11.8 Å². The van der Waals surface area contributed by atoms with Crippen LogP contribution in [0.3, 0.4) is 0 Å². The number of hydrogen-bond donors (Lipinski definition) is 1.